The number of hydrogen-bond donors (Lipinski definition) is 1. The van der Waals surface area contributed by atoms with Crippen molar-refractivity contribution in [3.63, 3.8) is 0 Å². The number of rotatable bonds is 6. The van der Waals surface area contributed by atoms with Crippen molar-refractivity contribution in [2.75, 3.05) is 51.3 Å². The highest BCUT2D eigenvalue weighted by molar-refractivity contribution is 5.80. The second-order valence-electron chi connectivity index (χ2n) is 7.00. The van der Waals surface area contributed by atoms with E-state index in [0.717, 1.165) is 56.8 Å². The number of anilines is 1. The van der Waals surface area contributed by atoms with Gasteiger partial charge in [0.25, 0.3) is 0 Å². The van der Waals surface area contributed by atoms with Gasteiger partial charge in [-0.3, -0.25) is 4.99 Å². The molecule has 6 heteroatoms. The number of methoxy groups -OCH3 is 1. The molecule has 150 valence electrons. The fourth-order valence-electron chi connectivity index (χ4n) is 3.51. The summed E-state index contributed by atoms with van der Waals surface area (Å²) >= 11 is 0. The van der Waals surface area contributed by atoms with Gasteiger partial charge in [-0.25, -0.2) is 4.98 Å². The van der Waals surface area contributed by atoms with Crippen LogP contribution in [0.5, 0.6) is 5.75 Å². The van der Waals surface area contributed by atoms with Gasteiger partial charge in [0.2, 0.25) is 0 Å². The van der Waals surface area contributed by atoms with Gasteiger partial charge in [0.05, 0.1) is 7.11 Å². The van der Waals surface area contributed by atoms with Gasteiger partial charge in [0.1, 0.15) is 11.6 Å². The second kappa shape index (κ2) is 9.97. The normalized spacial score (nSPS) is 16.0. The summed E-state index contributed by atoms with van der Waals surface area (Å²) in [5.41, 5.74) is 1.20. The first kappa shape index (κ1) is 20.0. The Morgan fingerprint density at radius 2 is 1.89 bits per heavy atom. The lowest BCUT2D eigenvalue weighted by Crippen LogP contribution is -2.52. The molecule has 0 bridgehead atoms. The Bertz CT molecular complexity index is 757. The minimum Gasteiger partial charge on any atom is -0.496 e. The molecule has 3 rings (SSSR count). The molecule has 1 aromatic heterocycles. The molecule has 0 amide bonds. The molecule has 0 spiro atoms. The lowest BCUT2D eigenvalue weighted by atomic mass is 10.0. The number of para-hydroxylation sites is 1. The number of guanidine groups is 1. The monoisotopic (exact) mass is 381 g/mol. The fourth-order valence-corrected chi connectivity index (χ4v) is 3.51. The zero-order chi connectivity index (χ0) is 19.8. The van der Waals surface area contributed by atoms with Crippen LogP contribution in [-0.2, 0) is 0 Å². The molecule has 28 heavy (non-hydrogen) atoms. The van der Waals surface area contributed by atoms with Crippen molar-refractivity contribution in [3.8, 4) is 5.75 Å². The predicted octanol–water partition coefficient (Wildman–Crippen LogP) is 2.98. The smallest absolute Gasteiger partial charge is 0.194 e. The van der Waals surface area contributed by atoms with Gasteiger partial charge < -0.3 is 19.9 Å². The Morgan fingerprint density at radius 1 is 1.14 bits per heavy atom. The van der Waals surface area contributed by atoms with E-state index in [1.165, 1.54) is 5.56 Å². The highest BCUT2D eigenvalue weighted by atomic mass is 16.5. The lowest BCUT2D eigenvalue weighted by molar-refractivity contribution is 0.371. The molecule has 1 aliphatic heterocycles. The van der Waals surface area contributed by atoms with Gasteiger partial charge in [-0.1, -0.05) is 31.2 Å². The molecule has 2 aromatic rings. The van der Waals surface area contributed by atoms with Crippen LogP contribution in [0.3, 0.4) is 0 Å². The zero-order valence-electron chi connectivity index (χ0n) is 17.1. The van der Waals surface area contributed by atoms with Gasteiger partial charge >= 0.3 is 0 Å². The molecule has 0 saturated carbocycles. The first-order valence-electron chi connectivity index (χ1n) is 10.0. The predicted molar refractivity (Wildman–Crippen MR) is 115 cm³/mol. The molecule has 2 heterocycles. The van der Waals surface area contributed by atoms with Crippen LogP contribution in [0.25, 0.3) is 0 Å². The highest BCUT2D eigenvalue weighted by Gasteiger charge is 2.20. The number of nitrogens with one attached hydrogen (secondary N) is 1. The Morgan fingerprint density at radius 3 is 2.57 bits per heavy atom. The zero-order valence-corrected chi connectivity index (χ0v) is 17.1. The van der Waals surface area contributed by atoms with E-state index in [-0.39, 0.29) is 0 Å². The van der Waals surface area contributed by atoms with Crippen molar-refractivity contribution in [3.05, 3.63) is 54.2 Å². The van der Waals surface area contributed by atoms with Gasteiger partial charge in [-0.05, 0) is 30.7 Å². The summed E-state index contributed by atoms with van der Waals surface area (Å²) in [4.78, 5) is 14.1. The fraction of sp³-hybridized carbons (Fsp3) is 0.455. The maximum atomic E-state index is 5.50. The lowest BCUT2D eigenvalue weighted by Gasteiger charge is -2.37. The standard InChI is InChI=1S/C22H31N5O/c1-4-23-22(25-17-18(2)19-9-5-6-10-20(19)28-3)27-15-13-26(14-16-27)21-11-7-8-12-24-21/h5-12,18H,4,13-17H2,1-3H3,(H,23,25). The van der Waals surface area contributed by atoms with Crippen LogP contribution in [-0.4, -0.2) is 62.2 Å². The first-order chi connectivity index (χ1) is 13.7. The van der Waals surface area contributed by atoms with E-state index in [4.69, 9.17) is 9.73 Å². The van der Waals surface area contributed by atoms with Crippen LogP contribution in [0.2, 0.25) is 0 Å². The SMILES string of the molecule is CCNC(=NCC(C)c1ccccc1OC)N1CCN(c2ccccn2)CC1. The van der Waals surface area contributed by atoms with Gasteiger partial charge in [0, 0.05) is 51.4 Å². The van der Waals surface area contributed by atoms with Crippen LogP contribution < -0.4 is 15.0 Å². The maximum absolute atomic E-state index is 5.50. The van der Waals surface area contributed by atoms with E-state index in [0.29, 0.717) is 5.92 Å². The van der Waals surface area contributed by atoms with Crippen molar-refractivity contribution < 1.29 is 4.74 Å². The number of nitrogens with zero attached hydrogens (tertiary/aromatic N) is 4. The van der Waals surface area contributed by atoms with Gasteiger partial charge in [-0.2, -0.15) is 0 Å². The molecule has 1 fully saturated rings. The minimum absolute atomic E-state index is 0.291. The topological polar surface area (TPSA) is 53.0 Å². The van der Waals surface area contributed by atoms with E-state index in [1.807, 2.05) is 30.5 Å². The molecule has 1 N–H and O–H groups in total. The molecule has 0 aliphatic carbocycles. The number of ether oxygens (including phenoxy) is 1. The van der Waals surface area contributed by atoms with Crippen molar-refractivity contribution in [2.24, 2.45) is 4.99 Å². The number of piperazine rings is 1. The van der Waals surface area contributed by atoms with E-state index in [2.05, 4.69) is 52.1 Å². The third-order valence-corrected chi connectivity index (χ3v) is 5.07. The molecule has 1 unspecified atom stereocenters. The molecule has 1 aliphatic rings. The maximum Gasteiger partial charge on any atom is 0.194 e. The largest absolute Gasteiger partial charge is 0.496 e. The summed E-state index contributed by atoms with van der Waals surface area (Å²) in [5, 5.41) is 3.45. The number of hydrogen-bond acceptors (Lipinski definition) is 4. The van der Waals surface area contributed by atoms with Crippen LogP contribution in [0.1, 0.15) is 25.3 Å². The van der Waals surface area contributed by atoms with Crippen molar-refractivity contribution in [1.82, 2.24) is 15.2 Å². The van der Waals surface area contributed by atoms with E-state index < -0.39 is 0 Å². The average molecular weight is 382 g/mol. The summed E-state index contributed by atoms with van der Waals surface area (Å²) in [6.07, 6.45) is 1.85. The Hall–Kier alpha value is -2.76. The van der Waals surface area contributed by atoms with E-state index in [1.54, 1.807) is 7.11 Å². The number of aliphatic imine (C=N–C) groups is 1. The average Bonchev–Trinajstić information content (AvgIpc) is 2.77. The number of pyridine rings is 1. The molecule has 0 radical (unpaired) electrons. The molecule has 1 saturated heterocycles. The van der Waals surface area contributed by atoms with Crippen molar-refractivity contribution in [2.45, 2.75) is 19.8 Å². The van der Waals surface area contributed by atoms with Gasteiger partial charge in [-0.15, -0.1) is 0 Å². The highest BCUT2D eigenvalue weighted by Crippen LogP contribution is 2.26. The van der Waals surface area contributed by atoms with E-state index in [9.17, 15) is 0 Å². The van der Waals surface area contributed by atoms with Crippen molar-refractivity contribution in [1.29, 1.82) is 0 Å². The Balaban J connectivity index is 1.63. The van der Waals surface area contributed by atoms with Crippen LogP contribution in [0, 0.1) is 0 Å². The molecule has 1 atom stereocenters. The number of benzene rings is 1. The van der Waals surface area contributed by atoms with Crippen LogP contribution in [0.15, 0.2) is 53.7 Å². The quantitative estimate of drug-likeness (QED) is 0.616. The molecular formula is C22H31N5O. The van der Waals surface area contributed by atoms with Crippen molar-refractivity contribution >= 4 is 11.8 Å². The second-order valence-corrected chi connectivity index (χ2v) is 7.00. The molecule has 1 aromatic carbocycles. The summed E-state index contributed by atoms with van der Waals surface area (Å²) in [6, 6.07) is 14.3. The summed E-state index contributed by atoms with van der Waals surface area (Å²) in [5.74, 6) is 3.26. The van der Waals surface area contributed by atoms with E-state index >= 15 is 0 Å². The minimum atomic E-state index is 0.291. The third kappa shape index (κ3) is 4.94. The molecule has 6 nitrogen and oxygen atoms in total. The number of aromatic nitrogens is 1. The summed E-state index contributed by atoms with van der Waals surface area (Å²) < 4.78 is 5.50. The van der Waals surface area contributed by atoms with Crippen LogP contribution in [0.4, 0.5) is 5.82 Å². The Kier molecular flexibility index (Phi) is 7.12. The Labute approximate surface area is 168 Å². The van der Waals surface area contributed by atoms with Crippen LogP contribution >= 0.6 is 0 Å². The first-order valence-corrected chi connectivity index (χ1v) is 10.0. The van der Waals surface area contributed by atoms with Gasteiger partial charge in [0.15, 0.2) is 5.96 Å². The summed E-state index contributed by atoms with van der Waals surface area (Å²) in [7, 11) is 1.72. The third-order valence-electron chi connectivity index (χ3n) is 5.07. The summed E-state index contributed by atoms with van der Waals surface area (Å²) in [6.45, 7) is 9.67. The molecular weight excluding hydrogens is 350 g/mol.